The minimum absolute atomic E-state index is 0.395. The topological polar surface area (TPSA) is 29.9 Å². The maximum atomic E-state index is 4.40. The number of nitrogens with one attached hydrogen (secondary N) is 1. The molecule has 1 N–H and O–H groups in total. The summed E-state index contributed by atoms with van der Waals surface area (Å²) < 4.78 is 2.00. The van der Waals surface area contributed by atoms with E-state index in [1.54, 1.807) is 0 Å². The van der Waals surface area contributed by atoms with Crippen LogP contribution in [0.3, 0.4) is 0 Å². The second kappa shape index (κ2) is 5.15. The predicted molar refractivity (Wildman–Crippen MR) is 59.1 cm³/mol. The second-order valence-corrected chi connectivity index (χ2v) is 3.81. The van der Waals surface area contributed by atoms with E-state index in [-0.39, 0.29) is 0 Å². The molecule has 0 aliphatic carbocycles. The molecule has 1 rings (SSSR count). The van der Waals surface area contributed by atoms with Gasteiger partial charge in [-0.3, -0.25) is 0 Å². The predicted octanol–water partition coefficient (Wildman–Crippen LogP) is 2.12. The number of aromatic nitrogens is 2. The zero-order chi connectivity index (χ0) is 10.6. The number of imidazole rings is 1. The van der Waals surface area contributed by atoms with Gasteiger partial charge in [-0.2, -0.15) is 0 Å². The Morgan fingerprint density at radius 1 is 1.43 bits per heavy atom. The fourth-order valence-corrected chi connectivity index (χ4v) is 1.98. The molecule has 0 aliphatic heterocycles. The van der Waals surface area contributed by atoms with Gasteiger partial charge in [0.1, 0.15) is 0 Å². The van der Waals surface area contributed by atoms with Crippen molar-refractivity contribution in [3.8, 4) is 0 Å². The highest BCUT2D eigenvalue weighted by Gasteiger charge is 2.20. The maximum absolute atomic E-state index is 4.40. The van der Waals surface area contributed by atoms with Crippen LogP contribution in [-0.4, -0.2) is 16.6 Å². The molecule has 1 aromatic heterocycles. The fourth-order valence-electron chi connectivity index (χ4n) is 1.98. The minimum atomic E-state index is 0.395. The van der Waals surface area contributed by atoms with E-state index in [1.807, 2.05) is 25.0 Å². The van der Waals surface area contributed by atoms with E-state index in [1.165, 1.54) is 12.8 Å². The molecule has 0 bridgehead atoms. The number of aryl methyl sites for hydroxylation is 1. The SMILES string of the molecule is CCC(CC)C(NC)c1cn(C)cn1. The highest BCUT2D eigenvalue weighted by molar-refractivity contribution is 5.05. The largest absolute Gasteiger partial charge is 0.340 e. The van der Waals surface area contributed by atoms with Gasteiger partial charge in [-0.15, -0.1) is 0 Å². The number of hydrogen-bond donors (Lipinski definition) is 1. The molecule has 0 fully saturated rings. The number of nitrogens with zero attached hydrogens (tertiary/aromatic N) is 2. The van der Waals surface area contributed by atoms with Crippen LogP contribution in [0, 0.1) is 5.92 Å². The summed E-state index contributed by atoms with van der Waals surface area (Å²) >= 11 is 0. The zero-order valence-corrected chi connectivity index (χ0v) is 9.62. The minimum Gasteiger partial charge on any atom is -0.340 e. The van der Waals surface area contributed by atoms with Crippen LogP contribution < -0.4 is 5.32 Å². The average molecular weight is 195 g/mol. The molecule has 14 heavy (non-hydrogen) atoms. The molecule has 1 heterocycles. The molecule has 1 unspecified atom stereocenters. The number of hydrogen-bond acceptors (Lipinski definition) is 2. The van der Waals surface area contributed by atoms with E-state index < -0.39 is 0 Å². The van der Waals surface area contributed by atoms with Crippen LogP contribution in [-0.2, 0) is 7.05 Å². The molecule has 0 saturated carbocycles. The van der Waals surface area contributed by atoms with Crippen LogP contribution in [0.25, 0.3) is 0 Å². The van der Waals surface area contributed by atoms with Crippen molar-refractivity contribution >= 4 is 0 Å². The van der Waals surface area contributed by atoms with Gasteiger partial charge in [0.15, 0.2) is 0 Å². The highest BCUT2D eigenvalue weighted by Crippen LogP contribution is 2.25. The monoisotopic (exact) mass is 195 g/mol. The van der Waals surface area contributed by atoms with Gasteiger partial charge in [-0.05, 0) is 13.0 Å². The van der Waals surface area contributed by atoms with E-state index in [9.17, 15) is 0 Å². The third-order valence-corrected chi connectivity index (χ3v) is 2.87. The van der Waals surface area contributed by atoms with Crippen molar-refractivity contribution in [3.63, 3.8) is 0 Å². The Balaban J connectivity index is 2.80. The van der Waals surface area contributed by atoms with Crippen LogP contribution in [0.1, 0.15) is 38.4 Å². The first kappa shape index (κ1) is 11.2. The van der Waals surface area contributed by atoms with Crippen molar-refractivity contribution in [2.75, 3.05) is 7.05 Å². The molecule has 3 heteroatoms. The van der Waals surface area contributed by atoms with Crippen LogP contribution in [0.2, 0.25) is 0 Å². The van der Waals surface area contributed by atoms with E-state index in [4.69, 9.17) is 0 Å². The molecular weight excluding hydrogens is 174 g/mol. The van der Waals surface area contributed by atoms with E-state index in [0.29, 0.717) is 12.0 Å². The van der Waals surface area contributed by atoms with Crippen molar-refractivity contribution in [1.29, 1.82) is 0 Å². The van der Waals surface area contributed by atoms with Crippen molar-refractivity contribution in [2.45, 2.75) is 32.7 Å². The fraction of sp³-hybridized carbons (Fsp3) is 0.727. The first-order valence-corrected chi connectivity index (χ1v) is 5.38. The van der Waals surface area contributed by atoms with Crippen molar-refractivity contribution in [2.24, 2.45) is 13.0 Å². The summed E-state index contributed by atoms with van der Waals surface area (Å²) in [7, 11) is 4.02. The third-order valence-electron chi connectivity index (χ3n) is 2.87. The Kier molecular flexibility index (Phi) is 4.14. The van der Waals surface area contributed by atoms with Crippen molar-refractivity contribution < 1.29 is 0 Å². The van der Waals surface area contributed by atoms with E-state index in [2.05, 4.69) is 30.3 Å². The van der Waals surface area contributed by atoms with Gasteiger partial charge < -0.3 is 9.88 Å². The zero-order valence-electron chi connectivity index (χ0n) is 9.62. The molecule has 1 aromatic rings. The lowest BCUT2D eigenvalue weighted by molar-refractivity contribution is 0.354. The van der Waals surface area contributed by atoms with Gasteiger partial charge in [0.2, 0.25) is 0 Å². The first-order valence-electron chi connectivity index (χ1n) is 5.38. The van der Waals surface area contributed by atoms with E-state index in [0.717, 1.165) is 5.69 Å². The van der Waals surface area contributed by atoms with Gasteiger partial charge in [-0.1, -0.05) is 26.7 Å². The van der Waals surface area contributed by atoms with Crippen molar-refractivity contribution in [1.82, 2.24) is 14.9 Å². The van der Waals surface area contributed by atoms with Gasteiger partial charge in [0.25, 0.3) is 0 Å². The Hall–Kier alpha value is -0.830. The molecule has 1 atom stereocenters. The maximum Gasteiger partial charge on any atom is 0.0947 e. The summed E-state index contributed by atoms with van der Waals surface area (Å²) in [6.07, 6.45) is 6.35. The van der Waals surface area contributed by atoms with Crippen LogP contribution >= 0.6 is 0 Å². The highest BCUT2D eigenvalue weighted by atomic mass is 15.0. The lowest BCUT2D eigenvalue weighted by atomic mass is 9.92. The molecule has 0 aromatic carbocycles. The standard InChI is InChI=1S/C11H21N3/c1-5-9(6-2)11(12-3)10-7-14(4)8-13-10/h7-9,11-12H,5-6H2,1-4H3. The molecule has 0 aliphatic rings. The molecule has 80 valence electrons. The van der Waals surface area contributed by atoms with E-state index >= 15 is 0 Å². The quantitative estimate of drug-likeness (QED) is 0.780. The summed E-state index contributed by atoms with van der Waals surface area (Å²) in [5.74, 6) is 0.676. The number of rotatable bonds is 5. The molecular formula is C11H21N3. The summed E-state index contributed by atoms with van der Waals surface area (Å²) in [6.45, 7) is 4.48. The Labute approximate surface area is 86.5 Å². The normalized spacial score (nSPS) is 13.5. The van der Waals surface area contributed by atoms with Gasteiger partial charge in [-0.25, -0.2) is 4.98 Å². The lowest BCUT2D eigenvalue weighted by Crippen LogP contribution is -2.24. The average Bonchev–Trinajstić information content (AvgIpc) is 2.60. The summed E-state index contributed by atoms with van der Waals surface area (Å²) in [5, 5.41) is 3.36. The van der Waals surface area contributed by atoms with Gasteiger partial charge >= 0.3 is 0 Å². The Bertz CT molecular complexity index is 263. The summed E-state index contributed by atoms with van der Waals surface area (Å²) in [6, 6.07) is 0.395. The smallest absolute Gasteiger partial charge is 0.0947 e. The van der Waals surface area contributed by atoms with Gasteiger partial charge in [0.05, 0.1) is 18.1 Å². The molecule has 3 nitrogen and oxygen atoms in total. The summed E-state index contributed by atoms with van der Waals surface area (Å²) in [4.78, 5) is 4.40. The van der Waals surface area contributed by atoms with Gasteiger partial charge in [0, 0.05) is 13.2 Å². The lowest BCUT2D eigenvalue weighted by Gasteiger charge is -2.22. The first-order chi connectivity index (χ1) is 6.72. The molecule has 0 amide bonds. The summed E-state index contributed by atoms with van der Waals surface area (Å²) in [5.41, 5.74) is 1.16. The third kappa shape index (κ3) is 2.35. The van der Waals surface area contributed by atoms with Crippen LogP contribution in [0.4, 0.5) is 0 Å². The van der Waals surface area contributed by atoms with Crippen LogP contribution in [0.5, 0.6) is 0 Å². The Morgan fingerprint density at radius 3 is 2.43 bits per heavy atom. The van der Waals surface area contributed by atoms with Crippen molar-refractivity contribution in [3.05, 3.63) is 18.2 Å². The van der Waals surface area contributed by atoms with Crippen LogP contribution in [0.15, 0.2) is 12.5 Å². The molecule has 0 radical (unpaired) electrons. The Morgan fingerprint density at radius 2 is 2.07 bits per heavy atom. The second-order valence-electron chi connectivity index (χ2n) is 3.81. The molecule has 0 saturated heterocycles. The molecule has 0 spiro atoms.